The lowest BCUT2D eigenvalue weighted by Gasteiger charge is -2.26. The van der Waals surface area contributed by atoms with Crippen LogP contribution in [0.15, 0.2) is 30.3 Å². The Labute approximate surface area is 156 Å². The number of carbonyl (C=O) groups excluding carboxylic acids is 3. The van der Waals surface area contributed by atoms with Gasteiger partial charge in [0.15, 0.2) is 0 Å². The Kier molecular flexibility index (Phi) is 4.31. The number of aromatic nitrogens is 1. The van der Waals surface area contributed by atoms with E-state index in [2.05, 4.69) is 4.57 Å². The molecule has 0 saturated carbocycles. The molecule has 3 heterocycles. The number of benzene rings is 1. The molecular formula is C20H20N2O5. The Bertz CT molecular complexity index is 905. The van der Waals surface area contributed by atoms with E-state index in [0.717, 1.165) is 24.2 Å². The molecule has 0 N–H and O–H groups in total. The summed E-state index contributed by atoms with van der Waals surface area (Å²) in [4.78, 5) is 42.7. The fraction of sp³-hybridized carbons (Fsp3) is 0.350. The SMILES string of the molecule is Cc1cc(C(=O)ON2C(=O)c3ccccc3C2=O)c(C)n1C1CCOCC1. The van der Waals surface area contributed by atoms with Crippen molar-refractivity contribution in [1.29, 1.82) is 0 Å². The molecule has 0 aliphatic carbocycles. The molecule has 2 aliphatic heterocycles. The zero-order valence-electron chi connectivity index (χ0n) is 15.2. The molecule has 27 heavy (non-hydrogen) atoms. The molecule has 7 heteroatoms. The standard InChI is InChI=1S/C20H20N2O5/c1-12-11-17(13(2)21(12)14-7-9-26-10-8-14)20(25)27-22-18(23)15-5-3-4-6-16(15)19(22)24/h3-6,11,14H,7-10H2,1-2H3. The number of rotatable bonds is 3. The van der Waals surface area contributed by atoms with Gasteiger partial charge in [0.25, 0.3) is 11.8 Å². The number of fused-ring (bicyclic) bond motifs is 1. The summed E-state index contributed by atoms with van der Waals surface area (Å²) >= 11 is 0. The van der Waals surface area contributed by atoms with E-state index < -0.39 is 17.8 Å². The summed E-state index contributed by atoms with van der Waals surface area (Å²) < 4.78 is 7.52. The zero-order chi connectivity index (χ0) is 19.1. The first-order valence-corrected chi connectivity index (χ1v) is 8.95. The first-order valence-electron chi connectivity index (χ1n) is 8.95. The third-order valence-electron chi connectivity index (χ3n) is 5.19. The Morgan fingerprint density at radius 3 is 2.26 bits per heavy atom. The molecule has 2 aromatic rings. The molecule has 2 amide bonds. The van der Waals surface area contributed by atoms with Crippen molar-refractivity contribution in [2.24, 2.45) is 0 Å². The van der Waals surface area contributed by atoms with Gasteiger partial charge in [-0.05, 0) is 44.9 Å². The van der Waals surface area contributed by atoms with Crippen molar-refractivity contribution in [2.45, 2.75) is 32.7 Å². The summed E-state index contributed by atoms with van der Waals surface area (Å²) in [5.41, 5.74) is 2.54. The molecule has 7 nitrogen and oxygen atoms in total. The highest BCUT2D eigenvalue weighted by molar-refractivity contribution is 6.21. The van der Waals surface area contributed by atoms with Crippen LogP contribution in [0.4, 0.5) is 0 Å². The summed E-state index contributed by atoms with van der Waals surface area (Å²) in [5, 5.41) is 0.549. The van der Waals surface area contributed by atoms with E-state index >= 15 is 0 Å². The van der Waals surface area contributed by atoms with Crippen LogP contribution in [0.5, 0.6) is 0 Å². The zero-order valence-corrected chi connectivity index (χ0v) is 15.2. The average molecular weight is 368 g/mol. The molecule has 0 unspecified atom stereocenters. The van der Waals surface area contributed by atoms with E-state index in [1.807, 2.05) is 13.8 Å². The monoisotopic (exact) mass is 368 g/mol. The van der Waals surface area contributed by atoms with Crippen LogP contribution in [0.1, 0.15) is 61.3 Å². The Morgan fingerprint density at radius 2 is 1.67 bits per heavy atom. The van der Waals surface area contributed by atoms with Crippen molar-refractivity contribution in [3.05, 3.63) is 58.4 Å². The number of imide groups is 1. The van der Waals surface area contributed by atoms with E-state index in [-0.39, 0.29) is 17.2 Å². The molecular weight excluding hydrogens is 348 g/mol. The number of hydrogen-bond acceptors (Lipinski definition) is 5. The second-order valence-corrected chi connectivity index (χ2v) is 6.83. The second kappa shape index (κ2) is 6.66. The van der Waals surface area contributed by atoms with Crippen molar-refractivity contribution in [3.8, 4) is 0 Å². The third-order valence-corrected chi connectivity index (χ3v) is 5.19. The molecule has 0 atom stereocenters. The average Bonchev–Trinajstić information content (AvgIpc) is 3.11. The molecule has 1 fully saturated rings. The molecule has 4 rings (SSSR count). The van der Waals surface area contributed by atoms with Gasteiger partial charge in [-0.2, -0.15) is 0 Å². The number of ether oxygens (including phenoxy) is 1. The minimum atomic E-state index is -0.712. The van der Waals surface area contributed by atoms with Gasteiger partial charge in [0.1, 0.15) is 0 Å². The van der Waals surface area contributed by atoms with Crippen molar-refractivity contribution in [2.75, 3.05) is 13.2 Å². The number of hydrogen-bond donors (Lipinski definition) is 0. The van der Waals surface area contributed by atoms with Gasteiger partial charge < -0.3 is 14.1 Å². The van der Waals surface area contributed by atoms with E-state index in [9.17, 15) is 14.4 Å². The van der Waals surface area contributed by atoms with Crippen LogP contribution < -0.4 is 0 Å². The maximum Gasteiger partial charge on any atom is 0.365 e. The lowest BCUT2D eigenvalue weighted by atomic mass is 10.1. The number of nitrogens with zero attached hydrogens (tertiary/aromatic N) is 2. The van der Waals surface area contributed by atoms with Gasteiger partial charge in [-0.15, -0.1) is 0 Å². The quantitative estimate of drug-likeness (QED) is 0.779. The number of hydroxylamine groups is 2. The van der Waals surface area contributed by atoms with Crippen LogP contribution in [0.3, 0.4) is 0 Å². The predicted molar refractivity (Wildman–Crippen MR) is 95.4 cm³/mol. The van der Waals surface area contributed by atoms with Gasteiger partial charge in [0.05, 0.1) is 16.7 Å². The second-order valence-electron chi connectivity index (χ2n) is 6.83. The van der Waals surface area contributed by atoms with Crippen LogP contribution >= 0.6 is 0 Å². The van der Waals surface area contributed by atoms with Gasteiger partial charge in [-0.25, -0.2) is 4.79 Å². The number of aryl methyl sites for hydroxylation is 1. The van der Waals surface area contributed by atoms with Gasteiger partial charge in [-0.1, -0.05) is 17.2 Å². The minimum absolute atomic E-state index is 0.239. The normalized spacial score (nSPS) is 17.3. The van der Waals surface area contributed by atoms with E-state index in [1.165, 1.54) is 0 Å². The molecule has 1 aromatic heterocycles. The Balaban J connectivity index is 1.58. The Hall–Kier alpha value is -2.93. The lowest BCUT2D eigenvalue weighted by Crippen LogP contribution is -2.32. The van der Waals surface area contributed by atoms with Gasteiger partial charge in [0, 0.05) is 30.6 Å². The van der Waals surface area contributed by atoms with Crippen molar-refractivity contribution < 1.29 is 24.0 Å². The van der Waals surface area contributed by atoms with E-state index in [4.69, 9.17) is 9.57 Å². The Morgan fingerprint density at radius 1 is 1.07 bits per heavy atom. The van der Waals surface area contributed by atoms with Crippen molar-refractivity contribution in [3.63, 3.8) is 0 Å². The summed E-state index contributed by atoms with van der Waals surface area (Å²) in [5.74, 6) is -1.96. The summed E-state index contributed by atoms with van der Waals surface area (Å²) in [6, 6.07) is 8.42. The van der Waals surface area contributed by atoms with Gasteiger partial charge in [0.2, 0.25) is 0 Å². The van der Waals surface area contributed by atoms with Crippen LogP contribution in [0.2, 0.25) is 0 Å². The summed E-state index contributed by atoms with van der Waals surface area (Å²) in [6.45, 7) is 5.16. The molecule has 0 radical (unpaired) electrons. The lowest BCUT2D eigenvalue weighted by molar-refractivity contribution is -0.0585. The van der Waals surface area contributed by atoms with Crippen LogP contribution in [-0.4, -0.2) is 40.6 Å². The minimum Gasteiger partial charge on any atom is -0.381 e. The van der Waals surface area contributed by atoms with E-state index in [1.54, 1.807) is 30.3 Å². The van der Waals surface area contributed by atoms with Crippen molar-refractivity contribution in [1.82, 2.24) is 9.63 Å². The van der Waals surface area contributed by atoms with Crippen LogP contribution in [0, 0.1) is 13.8 Å². The number of carbonyl (C=O) groups is 3. The maximum atomic E-state index is 12.7. The topological polar surface area (TPSA) is 77.8 Å². The fourth-order valence-electron chi connectivity index (χ4n) is 3.87. The van der Waals surface area contributed by atoms with E-state index in [0.29, 0.717) is 23.8 Å². The number of amides is 2. The molecule has 2 aliphatic rings. The summed E-state index contributed by atoms with van der Waals surface area (Å²) in [6.07, 6.45) is 1.76. The highest BCUT2D eigenvalue weighted by Gasteiger charge is 2.39. The third kappa shape index (κ3) is 2.84. The largest absolute Gasteiger partial charge is 0.381 e. The van der Waals surface area contributed by atoms with Crippen LogP contribution in [0.25, 0.3) is 0 Å². The highest BCUT2D eigenvalue weighted by atomic mass is 16.7. The maximum absolute atomic E-state index is 12.7. The first kappa shape index (κ1) is 17.5. The highest BCUT2D eigenvalue weighted by Crippen LogP contribution is 2.29. The van der Waals surface area contributed by atoms with Gasteiger partial charge >= 0.3 is 5.97 Å². The first-order chi connectivity index (χ1) is 13.0. The molecule has 1 saturated heterocycles. The smallest absolute Gasteiger partial charge is 0.365 e. The van der Waals surface area contributed by atoms with Gasteiger partial charge in [-0.3, -0.25) is 9.59 Å². The molecule has 0 spiro atoms. The molecule has 0 bridgehead atoms. The predicted octanol–water partition coefficient (Wildman–Crippen LogP) is 2.82. The van der Waals surface area contributed by atoms with Crippen molar-refractivity contribution >= 4 is 17.8 Å². The summed E-state index contributed by atoms with van der Waals surface area (Å²) in [7, 11) is 0. The fourth-order valence-corrected chi connectivity index (χ4v) is 3.87. The van der Waals surface area contributed by atoms with Crippen LogP contribution in [-0.2, 0) is 9.57 Å². The molecule has 1 aromatic carbocycles. The molecule has 140 valence electrons.